The maximum atomic E-state index is 10.8. The second kappa shape index (κ2) is 6.02. The van der Waals surface area contributed by atoms with E-state index in [4.69, 9.17) is 0 Å². The van der Waals surface area contributed by atoms with Crippen LogP contribution in [0.25, 0.3) is 0 Å². The highest BCUT2D eigenvalue weighted by molar-refractivity contribution is 7.84. The molecule has 0 aliphatic rings. The van der Waals surface area contributed by atoms with Crippen LogP contribution in [0, 0.1) is 0 Å². The van der Waals surface area contributed by atoms with Crippen LogP contribution in [0.1, 0.15) is 25.2 Å². The molecule has 1 aromatic rings. The minimum absolute atomic E-state index is 0.246. The SMILES string of the molecule is CC(NCCCS(C)=O)c1nccn1C. The van der Waals surface area contributed by atoms with Gasteiger partial charge < -0.3 is 9.88 Å². The molecule has 0 bridgehead atoms. The number of nitrogens with zero attached hydrogens (tertiary/aromatic N) is 2. The normalized spacial score (nSPS) is 15.1. The van der Waals surface area contributed by atoms with Crippen molar-refractivity contribution in [3.63, 3.8) is 0 Å². The minimum atomic E-state index is -0.682. The maximum Gasteiger partial charge on any atom is 0.125 e. The molecule has 0 aliphatic heterocycles. The van der Waals surface area contributed by atoms with Crippen LogP contribution in [0.3, 0.4) is 0 Å². The number of hydrogen-bond acceptors (Lipinski definition) is 3. The first kappa shape index (κ1) is 12.4. The first-order chi connectivity index (χ1) is 7.11. The smallest absolute Gasteiger partial charge is 0.125 e. The molecule has 1 heterocycles. The van der Waals surface area contributed by atoms with Gasteiger partial charge in [0.1, 0.15) is 5.82 Å². The van der Waals surface area contributed by atoms with Crippen molar-refractivity contribution in [1.29, 1.82) is 0 Å². The van der Waals surface area contributed by atoms with E-state index >= 15 is 0 Å². The van der Waals surface area contributed by atoms with E-state index in [1.54, 1.807) is 12.5 Å². The number of hydrogen-bond donors (Lipinski definition) is 1. The van der Waals surface area contributed by atoms with E-state index in [0.717, 1.165) is 24.5 Å². The fourth-order valence-electron chi connectivity index (χ4n) is 1.48. The molecule has 0 aliphatic carbocycles. The Morgan fingerprint density at radius 1 is 1.67 bits per heavy atom. The number of imidazole rings is 1. The molecule has 15 heavy (non-hydrogen) atoms. The molecule has 0 aromatic carbocycles. The third kappa shape index (κ3) is 4.13. The number of rotatable bonds is 6. The zero-order valence-electron chi connectivity index (χ0n) is 9.56. The van der Waals surface area contributed by atoms with Gasteiger partial charge in [-0.05, 0) is 19.9 Å². The van der Waals surface area contributed by atoms with Crippen LogP contribution in [-0.4, -0.2) is 32.3 Å². The maximum absolute atomic E-state index is 10.8. The predicted molar refractivity (Wildman–Crippen MR) is 63.2 cm³/mol. The van der Waals surface area contributed by atoms with Gasteiger partial charge in [0, 0.05) is 42.2 Å². The fraction of sp³-hybridized carbons (Fsp3) is 0.700. The van der Waals surface area contributed by atoms with Gasteiger partial charge in [0.05, 0.1) is 6.04 Å². The lowest BCUT2D eigenvalue weighted by molar-refractivity contribution is 0.529. The molecule has 1 aromatic heterocycles. The first-order valence-electron chi connectivity index (χ1n) is 5.12. The number of aryl methyl sites for hydroxylation is 1. The van der Waals surface area contributed by atoms with Gasteiger partial charge in [-0.15, -0.1) is 0 Å². The summed E-state index contributed by atoms with van der Waals surface area (Å²) in [6.45, 7) is 2.97. The summed E-state index contributed by atoms with van der Waals surface area (Å²) in [7, 11) is 1.31. The van der Waals surface area contributed by atoms with Gasteiger partial charge in [-0.2, -0.15) is 0 Å². The van der Waals surface area contributed by atoms with Crippen molar-refractivity contribution in [2.75, 3.05) is 18.6 Å². The molecule has 4 nitrogen and oxygen atoms in total. The van der Waals surface area contributed by atoms with Crippen molar-refractivity contribution >= 4 is 10.8 Å². The molecule has 0 radical (unpaired) electrons. The average Bonchev–Trinajstić information content (AvgIpc) is 2.58. The Bertz CT molecular complexity index is 324. The van der Waals surface area contributed by atoms with Gasteiger partial charge in [0.15, 0.2) is 0 Å². The Labute approximate surface area is 93.5 Å². The molecule has 0 spiro atoms. The van der Waals surface area contributed by atoms with Crippen molar-refractivity contribution < 1.29 is 4.21 Å². The van der Waals surface area contributed by atoms with Crippen molar-refractivity contribution in [2.24, 2.45) is 7.05 Å². The largest absolute Gasteiger partial charge is 0.337 e. The van der Waals surface area contributed by atoms with E-state index in [2.05, 4.69) is 17.2 Å². The zero-order chi connectivity index (χ0) is 11.3. The molecule has 0 saturated heterocycles. The Kier molecular flexibility index (Phi) is 4.98. The Morgan fingerprint density at radius 2 is 2.40 bits per heavy atom. The number of aromatic nitrogens is 2. The van der Waals surface area contributed by atoms with Gasteiger partial charge in [-0.3, -0.25) is 4.21 Å². The van der Waals surface area contributed by atoms with Gasteiger partial charge >= 0.3 is 0 Å². The Balaban J connectivity index is 2.28. The van der Waals surface area contributed by atoms with Gasteiger partial charge in [-0.1, -0.05) is 0 Å². The summed E-state index contributed by atoms with van der Waals surface area (Å²) in [6.07, 6.45) is 6.42. The molecular formula is C10H19N3OS. The van der Waals surface area contributed by atoms with Gasteiger partial charge in [0.25, 0.3) is 0 Å². The molecule has 1 rings (SSSR count). The first-order valence-corrected chi connectivity index (χ1v) is 6.84. The lowest BCUT2D eigenvalue weighted by Gasteiger charge is -2.13. The molecule has 86 valence electrons. The Hall–Kier alpha value is -0.680. The van der Waals surface area contributed by atoms with E-state index in [-0.39, 0.29) is 6.04 Å². The van der Waals surface area contributed by atoms with Crippen LogP contribution in [0.5, 0.6) is 0 Å². The van der Waals surface area contributed by atoms with E-state index in [0.29, 0.717) is 0 Å². The van der Waals surface area contributed by atoms with Crippen LogP contribution >= 0.6 is 0 Å². The molecule has 0 saturated carbocycles. The summed E-state index contributed by atoms with van der Waals surface area (Å²) < 4.78 is 12.8. The highest BCUT2D eigenvalue weighted by Gasteiger charge is 2.08. The van der Waals surface area contributed by atoms with Crippen LogP contribution in [0.4, 0.5) is 0 Å². The lowest BCUT2D eigenvalue weighted by Crippen LogP contribution is -2.23. The van der Waals surface area contributed by atoms with Crippen molar-refractivity contribution in [3.8, 4) is 0 Å². The van der Waals surface area contributed by atoms with E-state index in [9.17, 15) is 4.21 Å². The standard InChI is InChI=1S/C10H19N3OS/c1-9(10-12-6-7-13(10)2)11-5-4-8-15(3)14/h6-7,9,11H,4-5,8H2,1-3H3. The van der Waals surface area contributed by atoms with Crippen molar-refractivity contribution in [1.82, 2.24) is 14.9 Å². The molecule has 5 heteroatoms. The average molecular weight is 229 g/mol. The van der Waals surface area contributed by atoms with Crippen LogP contribution in [0.15, 0.2) is 12.4 Å². The van der Waals surface area contributed by atoms with Crippen LogP contribution in [0.2, 0.25) is 0 Å². The second-order valence-corrected chi connectivity index (χ2v) is 5.26. The summed E-state index contributed by atoms with van der Waals surface area (Å²) in [4.78, 5) is 4.27. The molecule has 0 fully saturated rings. The molecule has 2 unspecified atom stereocenters. The third-order valence-electron chi connectivity index (χ3n) is 2.30. The topological polar surface area (TPSA) is 46.9 Å². The monoisotopic (exact) mass is 229 g/mol. The summed E-state index contributed by atoms with van der Waals surface area (Å²) in [5, 5.41) is 3.36. The highest BCUT2D eigenvalue weighted by atomic mass is 32.2. The Morgan fingerprint density at radius 3 is 2.93 bits per heavy atom. The third-order valence-corrected chi connectivity index (χ3v) is 3.17. The van der Waals surface area contributed by atoms with Gasteiger partial charge in [0.2, 0.25) is 0 Å². The van der Waals surface area contributed by atoms with Crippen molar-refractivity contribution in [3.05, 3.63) is 18.2 Å². The quantitative estimate of drug-likeness (QED) is 0.735. The zero-order valence-corrected chi connectivity index (χ0v) is 10.4. The summed E-state index contributed by atoms with van der Waals surface area (Å²) in [5.41, 5.74) is 0. The van der Waals surface area contributed by atoms with E-state index < -0.39 is 10.8 Å². The van der Waals surface area contributed by atoms with Gasteiger partial charge in [-0.25, -0.2) is 4.98 Å². The second-order valence-electron chi connectivity index (χ2n) is 3.70. The lowest BCUT2D eigenvalue weighted by atomic mass is 10.3. The van der Waals surface area contributed by atoms with Crippen LogP contribution < -0.4 is 5.32 Å². The predicted octanol–water partition coefficient (Wildman–Crippen LogP) is 0.839. The summed E-state index contributed by atoms with van der Waals surface area (Å²) >= 11 is 0. The molecule has 2 atom stereocenters. The summed E-state index contributed by atoms with van der Waals surface area (Å²) in [6, 6.07) is 0.246. The number of nitrogens with one attached hydrogen (secondary N) is 1. The fourth-order valence-corrected chi connectivity index (χ4v) is 2.03. The van der Waals surface area contributed by atoms with E-state index in [1.807, 2.05) is 17.8 Å². The van der Waals surface area contributed by atoms with E-state index in [1.165, 1.54) is 0 Å². The van der Waals surface area contributed by atoms with Crippen LogP contribution in [-0.2, 0) is 17.8 Å². The highest BCUT2D eigenvalue weighted by Crippen LogP contribution is 2.07. The minimum Gasteiger partial charge on any atom is -0.337 e. The molecule has 1 N–H and O–H groups in total. The van der Waals surface area contributed by atoms with Crippen molar-refractivity contribution in [2.45, 2.75) is 19.4 Å². The molecular weight excluding hydrogens is 210 g/mol. The molecule has 0 amide bonds. The summed E-state index contributed by atoms with van der Waals surface area (Å²) in [5.74, 6) is 1.80.